The van der Waals surface area contributed by atoms with Gasteiger partial charge < -0.3 is 9.47 Å². The fraction of sp³-hybridized carbons (Fsp3) is 0.667. The Kier molecular flexibility index (Phi) is 5.58. The van der Waals surface area contributed by atoms with Crippen molar-refractivity contribution in [3.63, 3.8) is 0 Å². The number of ether oxygens (including phenoxy) is 2. The standard InChI is InChI=1S/C12H19FO2/c1-3-4-11-7-12(6-5-10(11)2)15-9-14-8-13/h4,12H,2-3,5-9H2,1H3/b11-4-. The fourth-order valence-corrected chi connectivity index (χ4v) is 1.78. The minimum absolute atomic E-state index is 0.0487. The third kappa shape index (κ3) is 4.14. The summed E-state index contributed by atoms with van der Waals surface area (Å²) in [5.74, 6) is 0. The van der Waals surface area contributed by atoms with Gasteiger partial charge in [0.25, 0.3) is 0 Å². The highest BCUT2D eigenvalue weighted by Gasteiger charge is 2.19. The molecule has 3 heteroatoms. The van der Waals surface area contributed by atoms with Crippen LogP contribution < -0.4 is 0 Å². The van der Waals surface area contributed by atoms with Gasteiger partial charge in [0.05, 0.1) is 6.10 Å². The highest BCUT2D eigenvalue weighted by Crippen LogP contribution is 2.29. The third-order valence-corrected chi connectivity index (χ3v) is 2.58. The molecule has 0 aromatic heterocycles. The molecule has 1 rings (SSSR count). The number of allylic oxidation sites excluding steroid dienone is 2. The van der Waals surface area contributed by atoms with Crippen molar-refractivity contribution in [2.75, 3.05) is 13.7 Å². The molecule has 1 aliphatic rings. The lowest BCUT2D eigenvalue weighted by molar-refractivity contribution is -0.114. The van der Waals surface area contributed by atoms with E-state index in [9.17, 15) is 4.39 Å². The highest BCUT2D eigenvalue weighted by molar-refractivity contribution is 5.31. The van der Waals surface area contributed by atoms with Gasteiger partial charge in [-0.3, -0.25) is 0 Å². The van der Waals surface area contributed by atoms with E-state index < -0.39 is 6.86 Å². The summed E-state index contributed by atoms with van der Waals surface area (Å²) in [5, 5.41) is 0. The smallest absolute Gasteiger partial charge is 0.191 e. The summed E-state index contributed by atoms with van der Waals surface area (Å²) in [6.45, 7) is 5.41. The van der Waals surface area contributed by atoms with Gasteiger partial charge in [-0.05, 0) is 31.3 Å². The molecule has 0 aliphatic heterocycles. The van der Waals surface area contributed by atoms with Crippen LogP contribution in [0.1, 0.15) is 32.6 Å². The monoisotopic (exact) mass is 214 g/mol. The number of hydrogen-bond donors (Lipinski definition) is 0. The maximum Gasteiger partial charge on any atom is 0.191 e. The summed E-state index contributed by atoms with van der Waals surface area (Å²) in [7, 11) is 0. The second-order valence-electron chi connectivity index (χ2n) is 3.70. The van der Waals surface area contributed by atoms with Crippen LogP contribution in [0, 0.1) is 0 Å². The highest BCUT2D eigenvalue weighted by atomic mass is 19.1. The minimum atomic E-state index is -0.781. The maximum absolute atomic E-state index is 11.7. The van der Waals surface area contributed by atoms with E-state index in [1.807, 2.05) is 0 Å². The van der Waals surface area contributed by atoms with Crippen LogP contribution >= 0.6 is 0 Å². The van der Waals surface area contributed by atoms with E-state index >= 15 is 0 Å². The second-order valence-corrected chi connectivity index (χ2v) is 3.70. The summed E-state index contributed by atoms with van der Waals surface area (Å²) in [6.07, 6.45) is 6.15. The van der Waals surface area contributed by atoms with Crippen molar-refractivity contribution >= 4 is 0 Å². The molecule has 86 valence electrons. The third-order valence-electron chi connectivity index (χ3n) is 2.58. The zero-order chi connectivity index (χ0) is 11.1. The van der Waals surface area contributed by atoms with Gasteiger partial charge in [0, 0.05) is 0 Å². The molecule has 0 bridgehead atoms. The molecule has 0 aromatic carbocycles. The van der Waals surface area contributed by atoms with Crippen molar-refractivity contribution in [1.82, 2.24) is 0 Å². The molecule has 1 saturated carbocycles. The fourth-order valence-electron chi connectivity index (χ4n) is 1.78. The zero-order valence-electron chi connectivity index (χ0n) is 9.30. The van der Waals surface area contributed by atoms with Gasteiger partial charge in [-0.25, -0.2) is 4.39 Å². The van der Waals surface area contributed by atoms with Crippen LogP contribution in [0.5, 0.6) is 0 Å². The molecule has 1 atom stereocenters. The average Bonchev–Trinajstić information content (AvgIpc) is 2.23. The molecule has 0 aromatic rings. The summed E-state index contributed by atoms with van der Waals surface area (Å²) in [5.41, 5.74) is 2.50. The molecule has 0 radical (unpaired) electrons. The molecule has 2 nitrogen and oxygen atoms in total. The van der Waals surface area contributed by atoms with Crippen LogP contribution in [-0.4, -0.2) is 19.8 Å². The maximum atomic E-state index is 11.7. The average molecular weight is 214 g/mol. The topological polar surface area (TPSA) is 18.5 Å². The first-order valence-electron chi connectivity index (χ1n) is 5.40. The SMILES string of the molecule is C=C1CCC(OCOCF)C/C1=C/CC. The molecule has 0 heterocycles. The summed E-state index contributed by atoms with van der Waals surface area (Å²) >= 11 is 0. The lowest BCUT2D eigenvalue weighted by Gasteiger charge is -2.26. The second kappa shape index (κ2) is 6.75. The molecule has 1 unspecified atom stereocenters. The normalized spacial score (nSPS) is 24.8. The van der Waals surface area contributed by atoms with Crippen molar-refractivity contribution in [2.45, 2.75) is 38.7 Å². The van der Waals surface area contributed by atoms with Crippen LogP contribution in [0.25, 0.3) is 0 Å². The number of rotatable bonds is 5. The van der Waals surface area contributed by atoms with Crippen molar-refractivity contribution in [2.24, 2.45) is 0 Å². The van der Waals surface area contributed by atoms with E-state index in [0.29, 0.717) is 0 Å². The van der Waals surface area contributed by atoms with Gasteiger partial charge in [-0.1, -0.05) is 25.2 Å². The predicted octanol–water partition coefficient (Wildman–Crippen LogP) is 3.35. The molecule has 1 aliphatic carbocycles. The lowest BCUT2D eigenvalue weighted by atomic mass is 9.88. The van der Waals surface area contributed by atoms with E-state index in [2.05, 4.69) is 24.3 Å². The molecular formula is C12H19FO2. The van der Waals surface area contributed by atoms with Gasteiger partial charge in [0.1, 0.15) is 6.79 Å². The van der Waals surface area contributed by atoms with Crippen molar-refractivity contribution in [3.8, 4) is 0 Å². The van der Waals surface area contributed by atoms with Crippen molar-refractivity contribution in [3.05, 3.63) is 23.8 Å². The molecular weight excluding hydrogens is 195 g/mol. The molecule has 1 fully saturated rings. The Hall–Kier alpha value is -0.670. The summed E-state index contributed by atoms with van der Waals surface area (Å²) in [6, 6.07) is 0. The Morgan fingerprint density at radius 1 is 1.60 bits per heavy atom. The Morgan fingerprint density at radius 2 is 2.40 bits per heavy atom. The number of halogens is 1. The van der Waals surface area contributed by atoms with Crippen molar-refractivity contribution in [1.29, 1.82) is 0 Å². The molecule has 15 heavy (non-hydrogen) atoms. The Bertz CT molecular complexity index is 236. The van der Waals surface area contributed by atoms with Gasteiger partial charge in [-0.15, -0.1) is 0 Å². The van der Waals surface area contributed by atoms with Crippen LogP contribution in [0.3, 0.4) is 0 Å². The number of hydrogen-bond acceptors (Lipinski definition) is 2. The Balaban J connectivity index is 2.37. The Labute approximate surface area is 90.8 Å². The van der Waals surface area contributed by atoms with E-state index in [1.54, 1.807) is 0 Å². The van der Waals surface area contributed by atoms with Gasteiger partial charge in [0.15, 0.2) is 6.86 Å². The largest absolute Gasteiger partial charge is 0.352 e. The number of alkyl halides is 1. The first kappa shape index (κ1) is 12.4. The quantitative estimate of drug-likeness (QED) is 0.516. The molecule has 0 spiro atoms. The van der Waals surface area contributed by atoms with E-state index in [-0.39, 0.29) is 12.9 Å². The van der Waals surface area contributed by atoms with Crippen LogP contribution in [-0.2, 0) is 9.47 Å². The van der Waals surface area contributed by atoms with Crippen LogP contribution in [0.15, 0.2) is 23.8 Å². The molecule has 0 N–H and O–H groups in total. The van der Waals surface area contributed by atoms with Crippen LogP contribution in [0.2, 0.25) is 0 Å². The van der Waals surface area contributed by atoms with Gasteiger partial charge in [0.2, 0.25) is 0 Å². The van der Waals surface area contributed by atoms with E-state index in [0.717, 1.165) is 25.7 Å². The van der Waals surface area contributed by atoms with Crippen LogP contribution in [0.4, 0.5) is 4.39 Å². The molecule has 0 amide bonds. The summed E-state index contributed by atoms with van der Waals surface area (Å²) in [4.78, 5) is 0. The zero-order valence-corrected chi connectivity index (χ0v) is 9.30. The van der Waals surface area contributed by atoms with E-state index in [1.165, 1.54) is 11.1 Å². The lowest BCUT2D eigenvalue weighted by Crippen LogP contribution is -2.20. The van der Waals surface area contributed by atoms with E-state index in [4.69, 9.17) is 4.74 Å². The minimum Gasteiger partial charge on any atom is -0.352 e. The van der Waals surface area contributed by atoms with Gasteiger partial charge in [-0.2, -0.15) is 0 Å². The van der Waals surface area contributed by atoms with Gasteiger partial charge >= 0.3 is 0 Å². The predicted molar refractivity (Wildman–Crippen MR) is 58.2 cm³/mol. The first-order valence-corrected chi connectivity index (χ1v) is 5.40. The molecule has 0 saturated heterocycles. The van der Waals surface area contributed by atoms with Crippen molar-refractivity contribution < 1.29 is 13.9 Å². The first-order chi connectivity index (χ1) is 7.27. The summed E-state index contributed by atoms with van der Waals surface area (Å²) < 4.78 is 21.6. The Morgan fingerprint density at radius 3 is 3.07 bits per heavy atom.